The Kier molecular flexibility index (Phi) is 3.74. The van der Waals surface area contributed by atoms with Crippen molar-refractivity contribution in [1.82, 2.24) is 25.1 Å². The van der Waals surface area contributed by atoms with Crippen LogP contribution in [0.5, 0.6) is 0 Å². The first-order valence-electron chi connectivity index (χ1n) is 7.42. The Labute approximate surface area is 129 Å². The molecule has 2 aromatic rings. The molecule has 2 N–H and O–H groups in total. The summed E-state index contributed by atoms with van der Waals surface area (Å²) < 4.78 is 5.75. The van der Waals surface area contributed by atoms with Crippen molar-refractivity contribution in [3.8, 4) is 0 Å². The van der Waals surface area contributed by atoms with Gasteiger partial charge >= 0.3 is 0 Å². The number of H-pyrrole nitrogens is 2. The molecule has 22 heavy (non-hydrogen) atoms. The van der Waals surface area contributed by atoms with Gasteiger partial charge in [0.15, 0.2) is 11.6 Å². The number of aromatic amines is 2. The first-order valence-corrected chi connectivity index (χ1v) is 7.42. The number of ether oxygens (including phenoxy) is 1. The molecule has 1 saturated heterocycles. The molecule has 0 unspecified atom stereocenters. The Hall–Kier alpha value is -2.15. The van der Waals surface area contributed by atoms with Crippen LogP contribution in [-0.2, 0) is 10.2 Å². The second kappa shape index (κ2) is 5.57. The summed E-state index contributed by atoms with van der Waals surface area (Å²) >= 11 is 0. The van der Waals surface area contributed by atoms with E-state index in [1.165, 1.54) is 0 Å². The first-order chi connectivity index (χ1) is 10.4. The van der Waals surface area contributed by atoms with Crippen LogP contribution in [0.4, 0.5) is 0 Å². The third-order valence-corrected chi connectivity index (χ3v) is 3.66. The summed E-state index contributed by atoms with van der Waals surface area (Å²) in [6.45, 7) is 7.71. The van der Waals surface area contributed by atoms with E-state index in [9.17, 15) is 4.79 Å². The molecule has 1 fully saturated rings. The Bertz CT molecular complexity index is 641. The fourth-order valence-corrected chi connectivity index (χ4v) is 2.39. The molecule has 118 valence electrons. The average Bonchev–Trinajstić information content (AvgIpc) is 3.17. The van der Waals surface area contributed by atoms with E-state index in [0.717, 1.165) is 5.82 Å². The largest absolute Gasteiger partial charge is 0.367 e. The van der Waals surface area contributed by atoms with Crippen molar-refractivity contribution in [1.29, 1.82) is 0 Å². The van der Waals surface area contributed by atoms with Crippen LogP contribution in [-0.4, -0.2) is 50.7 Å². The van der Waals surface area contributed by atoms with Crippen LogP contribution in [0.15, 0.2) is 18.3 Å². The second-order valence-corrected chi connectivity index (χ2v) is 6.49. The van der Waals surface area contributed by atoms with Gasteiger partial charge in [0.25, 0.3) is 5.91 Å². The molecule has 0 bridgehead atoms. The van der Waals surface area contributed by atoms with E-state index in [-0.39, 0.29) is 17.4 Å². The molecule has 1 aliphatic heterocycles. The highest BCUT2D eigenvalue weighted by Gasteiger charge is 2.30. The summed E-state index contributed by atoms with van der Waals surface area (Å²) in [7, 11) is 0. The Morgan fingerprint density at radius 2 is 2.27 bits per heavy atom. The highest BCUT2D eigenvalue weighted by molar-refractivity contribution is 5.92. The SMILES string of the molecule is CC(C)(C)c1n[nH]c([C@H]2CN(C(=O)c3ccc[nH]3)CCO2)n1. The Morgan fingerprint density at radius 1 is 1.45 bits per heavy atom. The quantitative estimate of drug-likeness (QED) is 0.883. The van der Waals surface area contributed by atoms with Gasteiger partial charge in [-0.1, -0.05) is 20.8 Å². The van der Waals surface area contributed by atoms with Crippen LogP contribution in [0.2, 0.25) is 0 Å². The zero-order valence-corrected chi connectivity index (χ0v) is 13.1. The Morgan fingerprint density at radius 3 is 2.91 bits per heavy atom. The fraction of sp³-hybridized carbons (Fsp3) is 0.533. The maximum Gasteiger partial charge on any atom is 0.270 e. The summed E-state index contributed by atoms with van der Waals surface area (Å²) in [5.74, 6) is 1.40. The van der Waals surface area contributed by atoms with Crippen molar-refractivity contribution in [3.05, 3.63) is 35.7 Å². The predicted molar refractivity (Wildman–Crippen MR) is 80.5 cm³/mol. The molecule has 0 aliphatic carbocycles. The predicted octanol–water partition coefficient (Wildman–Crippen LogP) is 1.64. The summed E-state index contributed by atoms with van der Waals surface area (Å²) in [5.41, 5.74) is 0.469. The second-order valence-electron chi connectivity index (χ2n) is 6.49. The minimum atomic E-state index is -0.267. The van der Waals surface area contributed by atoms with Gasteiger partial charge in [-0.15, -0.1) is 0 Å². The van der Waals surface area contributed by atoms with Gasteiger partial charge in [0.1, 0.15) is 11.8 Å². The number of nitrogens with zero attached hydrogens (tertiary/aromatic N) is 3. The highest BCUT2D eigenvalue weighted by Crippen LogP contribution is 2.23. The minimum Gasteiger partial charge on any atom is -0.367 e. The van der Waals surface area contributed by atoms with Gasteiger partial charge in [0.2, 0.25) is 0 Å². The Balaban J connectivity index is 1.73. The molecule has 3 heterocycles. The minimum absolute atomic E-state index is 0.0196. The van der Waals surface area contributed by atoms with Crippen molar-refractivity contribution in [3.63, 3.8) is 0 Å². The molecule has 1 atom stereocenters. The summed E-state index contributed by atoms with van der Waals surface area (Å²) in [4.78, 5) is 21.6. The molecule has 0 spiro atoms. The van der Waals surface area contributed by atoms with Crippen LogP contribution < -0.4 is 0 Å². The molecular weight excluding hydrogens is 282 g/mol. The number of nitrogens with one attached hydrogen (secondary N) is 2. The van der Waals surface area contributed by atoms with Crippen LogP contribution in [0, 0.1) is 0 Å². The zero-order valence-electron chi connectivity index (χ0n) is 13.1. The average molecular weight is 303 g/mol. The van der Waals surface area contributed by atoms with E-state index < -0.39 is 0 Å². The molecule has 1 amide bonds. The van der Waals surface area contributed by atoms with Crippen LogP contribution in [0.1, 0.15) is 49.0 Å². The maximum atomic E-state index is 12.4. The van der Waals surface area contributed by atoms with Gasteiger partial charge in [-0.05, 0) is 12.1 Å². The lowest BCUT2D eigenvalue weighted by Gasteiger charge is -2.31. The van der Waals surface area contributed by atoms with Crippen LogP contribution in [0.3, 0.4) is 0 Å². The van der Waals surface area contributed by atoms with Gasteiger partial charge in [0.05, 0.1) is 13.2 Å². The van der Waals surface area contributed by atoms with Gasteiger partial charge in [-0.2, -0.15) is 5.10 Å². The molecule has 7 nitrogen and oxygen atoms in total. The molecule has 7 heteroatoms. The summed E-state index contributed by atoms with van der Waals surface area (Å²) in [6, 6.07) is 3.59. The van der Waals surface area contributed by atoms with Crippen LogP contribution >= 0.6 is 0 Å². The number of aromatic nitrogens is 4. The molecule has 2 aromatic heterocycles. The first kappa shape index (κ1) is 14.8. The normalized spacial score (nSPS) is 19.4. The fourth-order valence-electron chi connectivity index (χ4n) is 2.39. The third-order valence-electron chi connectivity index (χ3n) is 3.66. The van der Waals surface area contributed by atoms with E-state index in [2.05, 4.69) is 40.9 Å². The number of amides is 1. The standard InChI is InChI=1S/C15H21N5O2/c1-15(2,3)14-17-12(18-19-14)11-9-20(7-8-22-11)13(21)10-5-4-6-16-10/h4-6,11,16H,7-9H2,1-3H3,(H,17,18,19)/t11-/m1/s1. The van der Waals surface area contributed by atoms with E-state index in [0.29, 0.717) is 31.2 Å². The molecule has 1 aliphatic rings. The van der Waals surface area contributed by atoms with Crippen molar-refractivity contribution in [2.24, 2.45) is 0 Å². The molecule has 0 saturated carbocycles. The molecule has 0 aromatic carbocycles. The van der Waals surface area contributed by atoms with Gasteiger partial charge in [0, 0.05) is 18.2 Å². The maximum absolute atomic E-state index is 12.4. The lowest BCUT2D eigenvalue weighted by atomic mass is 9.96. The van der Waals surface area contributed by atoms with Crippen molar-refractivity contribution in [2.75, 3.05) is 19.7 Å². The topological polar surface area (TPSA) is 86.9 Å². The lowest BCUT2D eigenvalue weighted by molar-refractivity contribution is -0.0268. The summed E-state index contributed by atoms with van der Waals surface area (Å²) in [6.07, 6.45) is 1.48. The molecule has 3 rings (SSSR count). The monoisotopic (exact) mass is 303 g/mol. The van der Waals surface area contributed by atoms with Gasteiger partial charge in [-0.25, -0.2) is 4.98 Å². The van der Waals surface area contributed by atoms with E-state index in [1.807, 2.05) is 6.07 Å². The van der Waals surface area contributed by atoms with E-state index >= 15 is 0 Å². The van der Waals surface area contributed by atoms with Crippen LogP contribution in [0.25, 0.3) is 0 Å². The number of hydrogen-bond acceptors (Lipinski definition) is 4. The third kappa shape index (κ3) is 2.89. The summed E-state index contributed by atoms with van der Waals surface area (Å²) in [5, 5.41) is 7.20. The number of carbonyl (C=O) groups excluding carboxylic acids is 1. The number of carbonyl (C=O) groups is 1. The number of rotatable bonds is 2. The van der Waals surface area contributed by atoms with Gasteiger partial charge < -0.3 is 14.6 Å². The van der Waals surface area contributed by atoms with E-state index in [4.69, 9.17) is 4.74 Å². The van der Waals surface area contributed by atoms with Crippen molar-refractivity contribution < 1.29 is 9.53 Å². The number of hydrogen-bond donors (Lipinski definition) is 2. The lowest BCUT2D eigenvalue weighted by Crippen LogP contribution is -2.42. The van der Waals surface area contributed by atoms with E-state index in [1.54, 1.807) is 17.2 Å². The van der Waals surface area contributed by atoms with Crippen molar-refractivity contribution in [2.45, 2.75) is 32.3 Å². The zero-order chi connectivity index (χ0) is 15.7. The smallest absolute Gasteiger partial charge is 0.270 e. The van der Waals surface area contributed by atoms with Crippen molar-refractivity contribution >= 4 is 5.91 Å². The van der Waals surface area contributed by atoms with Gasteiger partial charge in [-0.3, -0.25) is 9.89 Å². The number of morpholine rings is 1. The molecular formula is C15H21N5O2. The highest BCUT2D eigenvalue weighted by atomic mass is 16.5. The molecule has 0 radical (unpaired) electrons.